The number of fused-ring (bicyclic) bond motifs is 1. The quantitative estimate of drug-likeness (QED) is 0.851. The summed E-state index contributed by atoms with van der Waals surface area (Å²) in [5.41, 5.74) is 0.924. The molecule has 0 saturated heterocycles. The van der Waals surface area contributed by atoms with E-state index in [-0.39, 0.29) is 0 Å². The summed E-state index contributed by atoms with van der Waals surface area (Å²) in [7, 11) is 1.93. The first kappa shape index (κ1) is 10.9. The molecule has 0 radical (unpaired) electrons. The molecule has 3 nitrogen and oxygen atoms in total. The van der Waals surface area contributed by atoms with Crippen molar-refractivity contribution >= 4 is 10.9 Å². The molecule has 2 aromatic rings. The maximum absolute atomic E-state index is 5.75. The topological polar surface area (TPSA) is 34.1 Å². The number of hydrogen-bond acceptors (Lipinski definition) is 3. The molecule has 1 heterocycles. The van der Waals surface area contributed by atoms with Crippen LogP contribution in [0.1, 0.15) is 6.92 Å². The third kappa shape index (κ3) is 2.31. The second kappa shape index (κ2) is 4.94. The fourth-order valence-electron chi connectivity index (χ4n) is 1.49. The molecule has 16 heavy (non-hydrogen) atoms. The predicted octanol–water partition coefficient (Wildman–Crippen LogP) is 2.22. The van der Waals surface area contributed by atoms with E-state index in [1.54, 1.807) is 6.20 Å². The summed E-state index contributed by atoms with van der Waals surface area (Å²) < 4.78 is 5.75. The van der Waals surface area contributed by atoms with Gasteiger partial charge >= 0.3 is 0 Å². The van der Waals surface area contributed by atoms with Gasteiger partial charge in [0.15, 0.2) is 0 Å². The van der Waals surface area contributed by atoms with Gasteiger partial charge in [-0.2, -0.15) is 0 Å². The van der Waals surface area contributed by atoms with Gasteiger partial charge in [0, 0.05) is 17.6 Å². The highest BCUT2D eigenvalue weighted by molar-refractivity contribution is 5.84. The Morgan fingerprint density at radius 1 is 1.31 bits per heavy atom. The Labute approximate surface area is 95.5 Å². The summed E-state index contributed by atoms with van der Waals surface area (Å²) in [6.45, 7) is 2.73. The van der Waals surface area contributed by atoms with Gasteiger partial charge < -0.3 is 10.1 Å². The summed E-state index contributed by atoms with van der Waals surface area (Å²) in [5.74, 6) is 0.847. The number of nitrogens with zero attached hydrogens (tertiary/aromatic N) is 1. The minimum Gasteiger partial charge on any atom is -0.490 e. The first-order chi connectivity index (χ1) is 7.81. The van der Waals surface area contributed by atoms with E-state index in [1.807, 2.05) is 37.4 Å². The predicted molar refractivity (Wildman–Crippen MR) is 65.8 cm³/mol. The summed E-state index contributed by atoms with van der Waals surface area (Å²) in [4.78, 5) is 4.34. The molecular formula is C13H16N2O. The molecule has 1 N–H and O–H groups in total. The van der Waals surface area contributed by atoms with Crippen LogP contribution in [0.15, 0.2) is 36.5 Å². The smallest absolute Gasteiger partial charge is 0.145 e. The molecule has 0 aliphatic rings. The van der Waals surface area contributed by atoms with Crippen LogP contribution < -0.4 is 10.1 Å². The fraction of sp³-hybridized carbons (Fsp3) is 0.308. The number of hydrogen-bond donors (Lipinski definition) is 1. The van der Waals surface area contributed by atoms with Crippen LogP contribution >= 0.6 is 0 Å². The molecule has 1 aromatic carbocycles. The molecule has 0 aliphatic carbocycles. The van der Waals surface area contributed by atoms with Crippen LogP contribution in [0.2, 0.25) is 0 Å². The van der Waals surface area contributed by atoms with Crippen LogP contribution in [0, 0.1) is 0 Å². The Kier molecular flexibility index (Phi) is 3.37. The van der Waals surface area contributed by atoms with E-state index in [2.05, 4.69) is 17.2 Å². The molecule has 1 aromatic heterocycles. The number of nitrogens with one attached hydrogen (secondary N) is 1. The van der Waals surface area contributed by atoms with Crippen molar-refractivity contribution in [2.24, 2.45) is 0 Å². The van der Waals surface area contributed by atoms with Crippen molar-refractivity contribution in [3.05, 3.63) is 36.5 Å². The second-order valence-corrected chi connectivity index (χ2v) is 3.83. The van der Waals surface area contributed by atoms with Crippen LogP contribution in [-0.4, -0.2) is 24.7 Å². The van der Waals surface area contributed by atoms with Gasteiger partial charge in [0.2, 0.25) is 0 Å². The molecule has 1 unspecified atom stereocenters. The summed E-state index contributed by atoms with van der Waals surface area (Å²) in [5, 5.41) is 4.25. The lowest BCUT2D eigenvalue weighted by Crippen LogP contribution is -2.28. The van der Waals surface area contributed by atoms with E-state index in [9.17, 15) is 0 Å². The van der Waals surface area contributed by atoms with E-state index < -0.39 is 0 Å². The Morgan fingerprint density at radius 2 is 2.12 bits per heavy atom. The van der Waals surface area contributed by atoms with Crippen molar-refractivity contribution < 1.29 is 4.74 Å². The van der Waals surface area contributed by atoms with E-state index in [0.29, 0.717) is 12.6 Å². The molecule has 0 saturated carbocycles. The first-order valence-corrected chi connectivity index (χ1v) is 5.45. The SMILES string of the molecule is CNC(C)COc1cccc2cccnc12. The van der Waals surface area contributed by atoms with Crippen LogP contribution in [-0.2, 0) is 0 Å². The Bertz CT molecular complexity index is 465. The average molecular weight is 216 g/mol. The zero-order chi connectivity index (χ0) is 11.4. The highest BCUT2D eigenvalue weighted by atomic mass is 16.5. The molecule has 0 aliphatic heterocycles. The fourth-order valence-corrected chi connectivity index (χ4v) is 1.49. The number of likely N-dealkylation sites (N-methyl/N-ethyl adjacent to an activating group) is 1. The number of aromatic nitrogens is 1. The molecule has 0 fully saturated rings. The molecule has 84 valence electrons. The van der Waals surface area contributed by atoms with Crippen molar-refractivity contribution in [3.63, 3.8) is 0 Å². The van der Waals surface area contributed by atoms with Crippen LogP contribution in [0.25, 0.3) is 10.9 Å². The van der Waals surface area contributed by atoms with E-state index >= 15 is 0 Å². The number of pyridine rings is 1. The average Bonchev–Trinajstić information content (AvgIpc) is 2.35. The second-order valence-electron chi connectivity index (χ2n) is 3.83. The van der Waals surface area contributed by atoms with Crippen LogP contribution in [0.5, 0.6) is 5.75 Å². The van der Waals surface area contributed by atoms with Gasteiger partial charge in [0.05, 0.1) is 0 Å². The molecule has 0 spiro atoms. The first-order valence-electron chi connectivity index (χ1n) is 5.45. The molecule has 0 amide bonds. The van der Waals surface area contributed by atoms with Crippen LogP contribution in [0.3, 0.4) is 0 Å². The number of para-hydroxylation sites is 1. The number of ether oxygens (including phenoxy) is 1. The summed E-state index contributed by atoms with van der Waals surface area (Å²) >= 11 is 0. The normalized spacial score (nSPS) is 12.6. The van der Waals surface area contributed by atoms with Crippen molar-refractivity contribution in [2.45, 2.75) is 13.0 Å². The van der Waals surface area contributed by atoms with E-state index in [0.717, 1.165) is 16.7 Å². The monoisotopic (exact) mass is 216 g/mol. The van der Waals surface area contributed by atoms with E-state index in [1.165, 1.54) is 0 Å². The number of benzene rings is 1. The molecular weight excluding hydrogens is 200 g/mol. The minimum absolute atomic E-state index is 0.332. The lowest BCUT2D eigenvalue weighted by molar-refractivity contribution is 0.282. The maximum Gasteiger partial charge on any atom is 0.145 e. The van der Waals surface area contributed by atoms with Gasteiger partial charge in [-0.15, -0.1) is 0 Å². The van der Waals surface area contributed by atoms with Crippen molar-refractivity contribution in [3.8, 4) is 5.75 Å². The largest absolute Gasteiger partial charge is 0.490 e. The maximum atomic E-state index is 5.75. The summed E-state index contributed by atoms with van der Waals surface area (Å²) in [6.07, 6.45) is 1.79. The van der Waals surface area contributed by atoms with Gasteiger partial charge in [0.25, 0.3) is 0 Å². The highest BCUT2D eigenvalue weighted by Crippen LogP contribution is 2.22. The van der Waals surface area contributed by atoms with Crippen molar-refractivity contribution in [1.29, 1.82) is 0 Å². The molecule has 1 atom stereocenters. The van der Waals surface area contributed by atoms with Crippen LogP contribution in [0.4, 0.5) is 0 Å². The van der Waals surface area contributed by atoms with Gasteiger partial charge in [-0.1, -0.05) is 18.2 Å². The molecule has 0 bridgehead atoms. The standard InChI is InChI=1S/C13H16N2O/c1-10(14-2)9-16-12-7-3-5-11-6-4-8-15-13(11)12/h3-8,10,14H,9H2,1-2H3. The van der Waals surface area contributed by atoms with Gasteiger partial charge in [-0.05, 0) is 26.1 Å². The Hall–Kier alpha value is -1.61. The Balaban J connectivity index is 2.23. The van der Waals surface area contributed by atoms with Gasteiger partial charge in [-0.3, -0.25) is 4.98 Å². The lowest BCUT2D eigenvalue weighted by Gasteiger charge is -2.13. The highest BCUT2D eigenvalue weighted by Gasteiger charge is 2.04. The van der Waals surface area contributed by atoms with Gasteiger partial charge in [0.1, 0.15) is 17.9 Å². The molecule has 2 rings (SSSR count). The lowest BCUT2D eigenvalue weighted by atomic mass is 10.2. The molecule has 3 heteroatoms. The van der Waals surface area contributed by atoms with Crippen molar-refractivity contribution in [1.82, 2.24) is 10.3 Å². The minimum atomic E-state index is 0.332. The zero-order valence-corrected chi connectivity index (χ0v) is 9.60. The van der Waals surface area contributed by atoms with Crippen molar-refractivity contribution in [2.75, 3.05) is 13.7 Å². The summed E-state index contributed by atoms with van der Waals surface area (Å²) in [6, 6.07) is 10.3. The van der Waals surface area contributed by atoms with E-state index in [4.69, 9.17) is 4.74 Å². The zero-order valence-electron chi connectivity index (χ0n) is 9.60. The Morgan fingerprint density at radius 3 is 2.94 bits per heavy atom. The van der Waals surface area contributed by atoms with Gasteiger partial charge in [-0.25, -0.2) is 0 Å². The number of rotatable bonds is 4. The third-order valence-electron chi connectivity index (χ3n) is 2.58. The third-order valence-corrected chi connectivity index (χ3v) is 2.58.